The van der Waals surface area contributed by atoms with Crippen LogP contribution in [0.5, 0.6) is 0 Å². The van der Waals surface area contributed by atoms with Gasteiger partial charge in [-0.3, -0.25) is 9.89 Å². The zero-order chi connectivity index (χ0) is 12.5. The second-order valence-electron chi connectivity index (χ2n) is 3.79. The zero-order valence-corrected chi connectivity index (χ0v) is 9.29. The summed E-state index contributed by atoms with van der Waals surface area (Å²) < 4.78 is 1.37. The maximum atomic E-state index is 11.8. The van der Waals surface area contributed by atoms with Crippen molar-refractivity contribution in [1.29, 1.82) is 0 Å². The van der Waals surface area contributed by atoms with E-state index < -0.39 is 0 Å². The van der Waals surface area contributed by atoms with Gasteiger partial charge in [0.1, 0.15) is 0 Å². The fourth-order valence-electron chi connectivity index (χ4n) is 1.78. The van der Waals surface area contributed by atoms with Crippen molar-refractivity contribution in [2.75, 3.05) is 0 Å². The van der Waals surface area contributed by atoms with Crippen LogP contribution in [0.15, 0.2) is 47.4 Å². The Labute approximate surface area is 102 Å². The van der Waals surface area contributed by atoms with Crippen LogP contribution in [-0.4, -0.2) is 14.6 Å². The topological polar surface area (TPSA) is 54.5 Å². The highest BCUT2D eigenvalue weighted by molar-refractivity contribution is 5.64. The maximum absolute atomic E-state index is 11.8. The normalized spacial score (nSPS) is 10.4. The summed E-state index contributed by atoms with van der Waals surface area (Å²) in [5.74, 6) is 0. The van der Waals surface area contributed by atoms with Gasteiger partial charge in [0.25, 0.3) is 5.56 Å². The molecule has 0 spiro atoms. The van der Waals surface area contributed by atoms with E-state index in [0.717, 1.165) is 5.56 Å². The van der Waals surface area contributed by atoms with Crippen molar-refractivity contribution in [3.8, 4) is 11.3 Å². The summed E-state index contributed by atoms with van der Waals surface area (Å²) in [4.78, 5) is 19.5. The quantitative estimate of drug-likeness (QED) is 0.659. The lowest BCUT2D eigenvalue weighted by atomic mass is 10.1. The Balaban J connectivity index is 2.19. The highest BCUT2D eigenvalue weighted by Crippen LogP contribution is 2.20. The van der Waals surface area contributed by atoms with Crippen LogP contribution in [0.4, 0.5) is 5.69 Å². The molecule has 18 heavy (non-hydrogen) atoms. The highest BCUT2D eigenvalue weighted by atomic mass is 16.1. The number of aromatic amines is 1. The molecule has 5 heteroatoms. The number of benzene rings is 1. The summed E-state index contributed by atoms with van der Waals surface area (Å²) in [6, 6.07) is 10.2. The molecule has 1 N–H and O–H groups in total. The Bertz CT molecular complexity index is 805. The van der Waals surface area contributed by atoms with Gasteiger partial charge < -0.3 is 0 Å². The van der Waals surface area contributed by atoms with Crippen molar-refractivity contribution in [1.82, 2.24) is 14.6 Å². The van der Waals surface area contributed by atoms with E-state index >= 15 is 0 Å². The number of rotatable bonds is 1. The molecule has 0 aliphatic rings. The average Bonchev–Trinajstić information content (AvgIpc) is 2.88. The summed E-state index contributed by atoms with van der Waals surface area (Å²) in [5.41, 5.74) is 2.42. The molecule has 3 rings (SSSR count). The Kier molecular flexibility index (Phi) is 2.21. The number of aromatic nitrogens is 3. The number of nitrogens with zero attached hydrogens (tertiary/aromatic N) is 3. The lowest BCUT2D eigenvalue weighted by Gasteiger charge is -2.01. The van der Waals surface area contributed by atoms with Gasteiger partial charge in [0.05, 0.1) is 12.3 Å². The van der Waals surface area contributed by atoms with Crippen LogP contribution in [0.3, 0.4) is 0 Å². The standard InChI is InChI=1S/C13H8N4O/c1-14-10-4-2-9(3-5-10)11-8-13(18)17-12(16-11)6-7-15-17/h2-8,15H. The van der Waals surface area contributed by atoms with E-state index in [4.69, 9.17) is 6.57 Å². The molecule has 0 unspecified atom stereocenters. The van der Waals surface area contributed by atoms with Gasteiger partial charge in [-0.2, -0.15) is 0 Å². The van der Waals surface area contributed by atoms with E-state index in [1.807, 2.05) is 0 Å². The number of nitrogens with one attached hydrogen (secondary N) is 1. The molecule has 3 aromatic rings. The first-order valence-electron chi connectivity index (χ1n) is 5.33. The molecule has 0 atom stereocenters. The third-order valence-electron chi connectivity index (χ3n) is 2.67. The lowest BCUT2D eigenvalue weighted by molar-refractivity contribution is 0.901. The molecular weight excluding hydrogens is 228 g/mol. The number of fused-ring (bicyclic) bond motifs is 1. The molecular formula is C13H8N4O. The summed E-state index contributed by atoms with van der Waals surface area (Å²) in [6.45, 7) is 6.89. The van der Waals surface area contributed by atoms with E-state index in [-0.39, 0.29) is 5.56 Å². The lowest BCUT2D eigenvalue weighted by Crippen LogP contribution is -2.13. The van der Waals surface area contributed by atoms with E-state index in [0.29, 0.717) is 17.0 Å². The highest BCUT2D eigenvalue weighted by Gasteiger charge is 2.05. The smallest absolute Gasteiger partial charge is 0.273 e. The third kappa shape index (κ3) is 1.57. The molecule has 5 nitrogen and oxygen atoms in total. The Morgan fingerprint density at radius 1 is 1.22 bits per heavy atom. The van der Waals surface area contributed by atoms with Gasteiger partial charge in [-0.1, -0.05) is 24.3 Å². The summed E-state index contributed by atoms with van der Waals surface area (Å²) in [5, 5.41) is 2.79. The third-order valence-corrected chi connectivity index (χ3v) is 2.67. The van der Waals surface area contributed by atoms with Crippen molar-refractivity contribution in [2.24, 2.45) is 0 Å². The van der Waals surface area contributed by atoms with Crippen molar-refractivity contribution in [3.05, 3.63) is 64.4 Å². The molecule has 1 aromatic carbocycles. The van der Waals surface area contributed by atoms with Gasteiger partial charge >= 0.3 is 0 Å². The van der Waals surface area contributed by atoms with Gasteiger partial charge in [0, 0.05) is 18.3 Å². The first kappa shape index (κ1) is 10.3. The molecule has 2 aromatic heterocycles. The van der Waals surface area contributed by atoms with Gasteiger partial charge in [-0.25, -0.2) is 14.3 Å². The van der Waals surface area contributed by atoms with Crippen molar-refractivity contribution >= 4 is 11.3 Å². The maximum Gasteiger partial charge on any atom is 0.273 e. The van der Waals surface area contributed by atoms with E-state index in [2.05, 4.69) is 14.9 Å². The van der Waals surface area contributed by atoms with Crippen LogP contribution < -0.4 is 5.56 Å². The Hall–Kier alpha value is -2.87. The first-order valence-corrected chi connectivity index (χ1v) is 5.33. The monoisotopic (exact) mass is 236 g/mol. The minimum atomic E-state index is -0.158. The van der Waals surface area contributed by atoms with Crippen molar-refractivity contribution in [2.45, 2.75) is 0 Å². The molecule has 0 radical (unpaired) electrons. The molecule has 0 fully saturated rings. The minimum Gasteiger partial charge on any atom is -0.297 e. The predicted octanol–water partition coefficient (Wildman–Crippen LogP) is 2.24. The first-order chi connectivity index (χ1) is 8.78. The SMILES string of the molecule is [C-]#[N+]c1ccc(-c2cc(=O)n3[nH]ccc3n2)cc1. The molecule has 2 heterocycles. The van der Waals surface area contributed by atoms with Crippen LogP contribution in [0, 0.1) is 6.57 Å². The van der Waals surface area contributed by atoms with Gasteiger partial charge in [0.2, 0.25) is 0 Å². The molecule has 0 saturated heterocycles. The van der Waals surface area contributed by atoms with Gasteiger partial charge in [-0.05, 0) is 5.56 Å². The number of hydrogen-bond donors (Lipinski definition) is 1. The van der Waals surface area contributed by atoms with Crippen LogP contribution in [0.2, 0.25) is 0 Å². The molecule has 0 aliphatic heterocycles. The molecule has 0 saturated carbocycles. The van der Waals surface area contributed by atoms with Crippen LogP contribution in [0.1, 0.15) is 0 Å². The zero-order valence-electron chi connectivity index (χ0n) is 9.29. The predicted molar refractivity (Wildman–Crippen MR) is 67.5 cm³/mol. The second-order valence-corrected chi connectivity index (χ2v) is 3.79. The average molecular weight is 236 g/mol. The molecule has 0 amide bonds. The minimum absolute atomic E-state index is 0.158. The number of H-pyrrole nitrogens is 1. The second kappa shape index (κ2) is 3.86. The molecule has 0 bridgehead atoms. The summed E-state index contributed by atoms with van der Waals surface area (Å²) in [6.07, 6.45) is 1.66. The fraction of sp³-hybridized carbons (Fsp3) is 0. The summed E-state index contributed by atoms with van der Waals surface area (Å²) >= 11 is 0. The van der Waals surface area contributed by atoms with E-state index in [1.54, 1.807) is 36.5 Å². The number of hydrogen-bond acceptors (Lipinski definition) is 2. The largest absolute Gasteiger partial charge is 0.297 e. The van der Waals surface area contributed by atoms with E-state index in [1.165, 1.54) is 10.6 Å². The van der Waals surface area contributed by atoms with Crippen molar-refractivity contribution in [3.63, 3.8) is 0 Å². The van der Waals surface area contributed by atoms with Gasteiger partial charge in [0.15, 0.2) is 11.3 Å². The van der Waals surface area contributed by atoms with Gasteiger partial charge in [-0.15, -0.1) is 0 Å². The molecule has 0 aliphatic carbocycles. The van der Waals surface area contributed by atoms with Crippen LogP contribution in [0.25, 0.3) is 21.7 Å². The Morgan fingerprint density at radius 3 is 2.72 bits per heavy atom. The Morgan fingerprint density at radius 2 is 2.00 bits per heavy atom. The fourth-order valence-corrected chi connectivity index (χ4v) is 1.78. The van der Waals surface area contributed by atoms with Crippen LogP contribution in [-0.2, 0) is 0 Å². The van der Waals surface area contributed by atoms with Crippen molar-refractivity contribution < 1.29 is 0 Å². The van der Waals surface area contributed by atoms with Crippen LogP contribution >= 0.6 is 0 Å². The molecule has 86 valence electrons. The van der Waals surface area contributed by atoms with E-state index in [9.17, 15) is 4.79 Å². The summed E-state index contributed by atoms with van der Waals surface area (Å²) in [7, 11) is 0.